The fourth-order valence-electron chi connectivity index (χ4n) is 0.335. The second-order valence-electron chi connectivity index (χ2n) is 1.69. The van der Waals surface area contributed by atoms with Crippen LogP contribution in [0.1, 0.15) is 26.7 Å². The van der Waals surface area contributed by atoms with Gasteiger partial charge in [0.15, 0.2) is 0 Å². The third kappa shape index (κ3) is 3.70. The van der Waals surface area contributed by atoms with Crippen LogP contribution >= 0.6 is 0 Å². The molecule has 1 nitrogen and oxygen atoms in total. The van der Waals surface area contributed by atoms with E-state index in [1.54, 1.807) is 0 Å². The van der Waals surface area contributed by atoms with Crippen LogP contribution in [-0.4, -0.2) is 6.04 Å². The molecule has 46 valence electrons. The first-order valence-corrected chi connectivity index (χ1v) is 3.05. The molecule has 1 heteroatoms. The molecule has 0 fully saturated rings. The van der Waals surface area contributed by atoms with E-state index in [9.17, 15) is 0 Å². The summed E-state index contributed by atoms with van der Waals surface area (Å²) < 4.78 is 0. The van der Waals surface area contributed by atoms with Gasteiger partial charge in [-0.2, -0.15) is 0 Å². The first-order chi connectivity index (χ1) is 3.81. The molecule has 0 heterocycles. The van der Waals surface area contributed by atoms with E-state index in [4.69, 9.17) is 5.73 Å². The van der Waals surface area contributed by atoms with E-state index in [0.717, 1.165) is 12.8 Å². The molecule has 1 atom stereocenters. The second kappa shape index (κ2) is 4.67. The van der Waals surface area contributed by atoms with E-state index in [0.29, 0.717) is 0 Å². The lowest BCUT2D eigenvalue weighted by atomic mass is 10.2. The van der Waals surface area contributed by atoms with Gasteiger partial charge in [-0.25, -0.2) is 0 Å². The standard InChI is InChI=1S/C7H13N/c1-3-5-6-7(8)4-2/h7H,3-4,8H2,1-2H3/t7-/m1/s1. The van der Waals surface area contributed by atoms with Crippen molar-refractivity contribution in [2.75, 3.05) is 0 Å². The summed E-state index contributed by atoms with van der Waals surface area (Å²) in [6, 6.07) is 0.0925. The Morgan fingerprint density at radius 1 is 1.50 bits per heavy atom. The van der Waals surface area contributed by atoms with Gasteiger partial charge in [-0.3, -0.25) is 0 Å². The third-order valence-electron chi connectivity index (χ3n) is 0.904. The molecule has 2 N–H and O–H groups in total. The smallest absolute Gasteiger partial charge is 0.0661 e. The highest BCUT2D eigenvalue weighted by atomic mass is 14.6. The summed E-state index contributed by atoms with van der Waals surface area (Å²) in [7, 11) is 0. The van der Waals surface area contributed by atoms with Crippen molar-refractivity contribution < 1.29 is 0 Å². The van der Waals surface area contributed by atoms with Crippen molar-refractivity contribution in [2.24, 2.45) is 5.73 Å². The Balaban J connectivity index is 3.35. The molecule has 0 rings (SSSR count). The lowest BCUT2D eigenvalue weighted by Gasteiger charge is -1.93. The minimum absolute atomic E-state index is 0.0925. The molecule has 0 aliphatic rings. The molecule has 0 aromatic carbocycles. The van der Waals surface area contributed by atoms with Crippen LogP contribution in [0.3, 0.4) is 0 Å². The summed E-state index contributed by atoms with van der Waals surface area (Å²) in [6.07, 6.45) is 1.86. The molecule has 0 saturated carbocycles. The molecule has 0 aromatic rings. The molecule has 0 aliphatic heterocycles. The third-order valence-corrected chi connectivity index (χ3v) is 0.904. The van der Waals surface area contributed by atoms with Crippen molar-refractivity contribution in [2.45, 2.75) is 32.7 Å². The highest BCUT2D eigenvalue weighted by Crippen LogP contribution is 1.81. The summed E-state index contributed by atoms with van der Waals surface area (Å²) >= 11 is 0. The van der Waals surface area contributed by atoms with Gasteiger partial charge in [0.1, 0.15) is 0 Å². The van der Waals surface area contributed by atoms with Crippen LogP contribution in [0.25, 0.3) is 0 Å². The lowest BCUT2D eigenvalue weighted by molar-refractivity contribution is 0.805. The molecule has 0 bridgehead atoms. The van der Waals surface area contributed by atoms with Gasteiger partial charge in [0.05, 0.1) is 6.04 Å². The molecule has 0 unspecified atom stereocenters. The molecular formula is C7H13N. The van der Waals surface area contributed by atoms with E-state index in [1.165, 1.54) is 0 Å². The average Bonchev–Trinajstić information content (AvgIpc) is 1.83. The average molecular weight is 111 g/mol. The summed E-state index contributed by atoms with van der Waals surface area (Å²) in [5, 5.41) is 0. The fourth-order valence-corrected chi connectivity index (χ4v) is 0.335. The van der Waals surface area contributed by atoms with Crippen LogP contribution < -0.4 is 5.73 Å². The van der Waals surface area contributed by atoms with Gasteiger partial charge in [0.2, 0.25) is 0 Å². The maximum Gasteiger partial charge on any atom is 0.0661 e. The molecule has 8 heavy (non-hydrogen) atoms. The van der Waals surface area contributed by atoms with Crippen molar-refractivity contribution in [3.05, 3.63) is 0 Å². The van der Waals surface area contributed by atoms with Gasteiger partial charge in [-0.05, 0) is 6.42 Å². The summed E-state index contributed by atoms with van der Waals surface area (Å²) in [5.74, 6) is 5.83. The first kappa shape index (κ1) is 7.52. The van der Waals surface area contributed by atoms with Crippen LogP contribution in [-0.2, 0) is 0 Å². The Bertz CT molecular complexity index is 96.7. The summed E-state index contributed by atoms with van der Waals surface area (Å²) in [5.41, 5.74) is 5.49. The molecule has 0 saturated heterocycles. The Morgan fingerprint density at radius 2 is 2.12 bits per heavy atom. The molecule has 0 spiro atoms. The van der Waals surface area contributed by atoms with Crippen molar-refractivity contribution in [3.63, 3.8) is 0 Å². The highest BCUT2D eigenvalue weighted by Gasteiger charge is 1.86. The molecular weight excluding hydrogens is 98.1 g/mol. The van der Waals surface area contributed by atoms with E-state index < -0.39 is 0 Å². The minimum atomic E-state index is 0.0925. The largest absolute Gasteiger partial charge is 0.318 e. The van der Waals surface area contributed by atoms with Gasteiger partial charge in [0, 0.05) is 6.42 Å². The molecule has 0 radical (unpaired) electrons. The molecule has 0 amide bonds. The Kier molecular flexibility index (Phi) is 4.39. The topological polar surface area (TPSA) is 26.0 Å². The molecule has 0 aliphatic carbocycles. The fraction of sp³-hybridized carbons (Fsp3) is 0.714. The summed E-state index contributed by atoms with van der Waals surface area (Å²) in [6.45, 7) is 4.06. The zero-order valence-corrected chi connectivity index (χ0v) is 5.57. The van der Waals surface area contributed by atoms with Crippen molar-refractivity contribution in [1.29, 1.82) is 0 Å². The predicted molar refractivity (Wildman–Crippen MR) is 36.3 cm³/mol. The van der Waals surface area contributed by atoms with Gasteiger partial charge >= 0.3 is 0 Å². The van der Waals surface area contributed by atoms with Crippen LogP contribution in [0.4, 0.5) is 0 Å². The normalized spacial score (nSPS) is 11.9. The van der Waals surface area contributed by atoms with Crippen LogP contribution in [0.5, 0.6) is 0 Å². The predicted octanol–water partition coefficient (Wildman–Crippen LogP) is 1.14. The van der Waals surface area contributed by atoms with Crippen LogP contribution in [0, 0.1) is 11.8 Å². The Labute approximate surface area is 51.3 Å². The molecule has 0 aromatic heterocycles. The first-order valence-electron chi connectivity index (χ1n) is 3.05. The number of nitrogens with two attached hydrogens (primary N) is 1. The number of rotatable bonds is 1. The highest BCUT2D eigenvalue weighted by molar-refractivity contribution is 5.05. The number of hydrogen-bond acceptors (Lipinski definition) is 1. The maximum absolute atomic E-state index is 5.49. The maximum atomic E-state index is 5.49. The van der Waals surface area contributed by atoms with E-state index in [1.807, 2.05) is 13.8 Å². The van der Waals surface area contributed by atoms with Gasteiger partial charge in [-0.15, -0.1) is 5.92 Å². The summed E-state index contributed by atoms with van der Waals surface area (Å²) in [4.78, 5) is 0. The van der Waals surface area contributed by atoms with Gasteiger partial charge in [-0.1, -0.05) is 19.8 Å². The monoisotopic (exact) mass is 111 g/mol. The quantitative estimate of drug-likeness (QED) is 0.504. The Hall–Kier alpha value is -0.480. The van der Waals surface area contributed by atoms with Gasteiger partial charge < -0.3 is 5.73 Å². The van der Waals surface area contributed by atoms with Crippen LogP contribution in [0.15, 0.2) is 0 Å². The van der Waals surface area contributed by atoms with E-state index in [2.05, 4.69) is 11.8 Å². The SMILES string of the molecule is CCC#C[C@H](N)CC. The Morgan fingerprint density at radius 3 is 2.50 bits per heavy atom. The van der Waals surface area contributed by atoms with Crippen molar-refractivity contribution in [1.82, 2.24) is 0 Å². The minimum Gasteiger partial charge on any atom is -0.318 e. The van der Waals surface area contributed by atoms with Crippen molar-refractivity contribution in [3.8, 4) is 11.8 Å². The van der Waals surface area contributed by atoms with Gasteiger partial charge in [0.25, 0.3) is 0 Å². The number of hydrogen-bond donors (Lipinski definition) is 1. The zero-order chi connectivity index (χ0) is 6.41. The second-order valence-corrected chi connectivity index (χ2v) is 1.69. The van der Waals surface area contributed by atoms with Crippen LogP contribution in [0.2, 0.25) is 0 Å². The lowest BCUT2D eigenvalue weighted by Crippen LogP contribution is -2.15. The van der Waals surface area contributed by atoms with Crippen molar-refractivity contribution >= 4 is 0 Å². The van der Waals surface area contributed by atoms with E-state index in [-0.39, 0.29) is 6.04 Å². The zero-order valence-electron chi connectivity index (χ0n) is 5.57. The van der Waals surface area contributed by atoms with E-state index >= 15 is 0 Å².